The number of aryl methyl sites for hydroxylation is 1. The number of carbonyl (C=O) groups is 1. The van der Waals surface area contributed by atoms with Crippen LogP contribution in [0.25, 0.3) is 11.1 Å². The lowest BCUT2D eigenvalue weighted by molar-refractivity contribution is -0.136. The minimum atomic E-state index is -4.56. The van der Waals surface area contributed by atoms with E-state index in [9.17, 15) is 18.0 Å². The number of amides is 1. The molecule has 0 N–H and O–H groups in total. The lowest BCUT2D eigenvalue weighted by Crippen LogP contribution is -2.39. The van der Waals surface area contributed by atoms with Gasteiger partial charge in [0.1, 0.15) is 0 Å². The Labute approximate surface area is 183 Å². The van der Waals surface area contributed by atoms with Crippen molar-refractivity contribution in [2.45, 2.75) is 57.5 Å². The highest BCUT2D eigenvalue weighted by Crippen LogP contribution is 2.40. The minimum Gasteiger partial charge on any atom is -0.342 e. The van der Waals surface area contributed by atoms with E-state index in [0.717, 1.165) is 11.6 Å². The van der Waals surface area contributed by atoms with Gasteiger partial charge in [-0.25, -0.2) is 4.98 Å². The number of aromatic nitrogens is 3. The van der Waals surface area contributed by atoms with E-state index in [1.165, 1.54) is 0 Å². The number of hydrogen-bond donors (Lipinski definition) is 0. The van der Waals surface area contributed by atoms with E-state index >= 15 is 0 Å². The van der Waals surface area contributed by atoms with Crippen LogP contribution in [0.5, 0.6) is 0 Å². The number of pyridine rings is 2. The Balaban J connectivity index is 1.58. The lowest BCUT2D eigenvalue weighted by Gasteiger charge is -2.32. The number of nitrogens with zero attached hydrogens (tertiary/aromatic N) is 4. The van der Waals surface area contributed by atoms with Gasteiger partial charge in [-0.15, -0.1) is 0 Å². The Morgan fingerprint density at radius 1 is 1.28 bits per heavy atom. The molecule has 0 aliphatic carbocycles. The Morgan fingerprint density at radius 2 is 2.03 bits per heavy atom. The molecule has 4 heterocycles. The van der Waals surface area contributed by atoms with Crippen LogP contribution in [0.4, 0.5) is 13.2 Å². The van der Waals surface area contributed by atoms with Crippen molar-refractivity contribution in [1.82, 2.24) is 20.0 Å². The molecule has 0 aromatic carbocycles. The molecule has 0 unspecified atom stereocenters. The lowest BCUT2D eigenvalue weighted by atomic mass is 9.91. The molecule has 3 aromatic rings. The summed E-state index contributed by atoms with van der Waals surface area (Å²) in [5, 5.41) is 3.91. The van der Waals surface area contributed by atoms with Crippen LogP contribution in [0, 0.1) is 0 Å². The predicted molar refractivity (Wildman–Crippen MR) is 112 cm³/mol. The summed E-state index contributed by atoms with van der Waals surface area (Å²) >= 11 is 0. The van der Waals surface area contributed by atoms with E-state index in [1.54, 1.807) is 31.1 Å². The van der Waals surface area contributed by atoms with Crippen molar-refractivity contribution in [3.05, 3.63) is 53.1 Å². The fourth-order valence-corrected chi connectivity index (χ4v) is 4.18. The van der Waals surface area contributed by atoms with Gasteiger partial charge >= 0.3 is 6.18 Å². The first-order chi connectivity index (χ1) is 15.2. The molecule has 0 saturated carbocycles. The molecule has 170 valence electrons. The van der Waals surface area contributed by atoms with Gasteiger partial charge in [-0.2, -0.15) is 13.2 Å². The summed E-state index contributed by atoms with van der Waals surface area (Å²) in [5.41, 5.74) is 0.695. The van der Waals surface area contributed by atoms with Crippen molar-refractivity contribution >= 4 is 17.0 Å². The predicted octanol–water partition coefficient (Wildman–Crippen LogP) is 5.10. The molecule has 1 saturated heterocycles. The van der Waals surface area contributed by atoms with Crippen LogP contribution in [0.1, 0.15) is 67.5 Å². The van der Waals surface area contributed by atoms with E-state index in [1.807, 2.05) is 12.1 Å². The number of fused-ring (bicyclic) bond motifs is 1. The minimum absolute atomic E-state index is 0.0180. The Bertz CT molecular complexity index is 1100. The third kappa shape index (κ3) is 4.61. The zero-order valence-corrected chi connectivity index (χ0v) is 18.0. The zero-order valence-electron chi connectivity index (χ0n) is 18.0. The first-order valence-corrected chi connectivity index (χ1v) is 10.8. The van der Waals surface area contributed by atoms with Gasteiger partial charge < -0.3 is 9.42 Å². The Hall–Kier alpha value is -2.97. The summed E-state index contributed by atoms with van der Waals surface area (Å²) in [4.78, 5) is 22.7. The number of rotatable bonds is 5. The molecule has 6 nitrogen and oxygen atoms in total. The van der Waals surface area contributed by atoms with Crippen LogP contribution in [0.3, 0.4) is 0 Å². The second kappa shape index (κ2) is 8.88. The quantitative estimate of drug-likeness (QED) is 0.545. The van der Waals surface area contributed by atoms with Gasteiger partial charge in [0, 0.05) is 43.5 Å². The number of halogens is 3. The van der Waals surface area contributed by atoms with Crippen LogP contribution in [-0.4, -0.2) is 39.0 Å². The third-order valence-electron chi connectivity index (χ3n) is 5.93. The van der Waals surface area contributed by atoms with Crippen molar-refractivity contribution < 1.29 is 22.5 Å². The molecule has 1 aliphatic heterocycles. The van der Waals surface area contributed by atoms with E-state index in [4.69, 9.17) is 4.52 Å². The average molecular weight is 446 g/mol. The molecular weight excluding hydrogens is 421 g/mol. The van der Waals surface area contributed by atoms with Gasteiger partial charge in [-0.1, -0.05) is 19.0 Å². The van der Waals surface area contributed by atoms with Crippen LogP contribution in [0.15, 0.2) is 35.1 Å². The molecule has 0 bridgehead atoms. The molecule has 1 aliphatic rings. The molecule has 9 heteroatoms. The standard InChI is InChI=1S/C23H25F3N4O2/c1-14(2)18-12-17(23(24,25)26)20-21(29-32-22(20)28-18)16-4-3-11-30(13-16)19(31)6-5-15-7-9-27-10-8-15/h7-10,12,14,16H,3-6,11,13H2,1-2H3/t16-/m1/s1. The van der Waals surface area contributed by atoms with E-state index in [-0.39, 0.29) is 34.5 Å². The van der Waals surface area contributed by atoms with Crippen molar-refractivity contribution in [2.75, 3.05) is 13.1 Å². The smallest absolute Gasteiger partial charge is 0.342 e. The highest BCUT2D eigenvalue weighted by atomic mass is 19.4. The second-order valence-corrected chi connectivity index (χ2v) is 8.53. The maximum absolute atomic E-state index is 13.9. The van der Waals surface area contributed by atoms with Crippen molar-refractivity contribution in [1.29, 1.82) is 0 Å². The van der Waals surface area contributed by atoms with E-state index < -0.39 is 11.7 Å². The Kier molecular flexibility index (Phi) is 6.17. The summed E-state index contributed by atoms with van der Waals surface area (Å²) in [6, 6.07) is 4.82. The fraction of sp³-hybridized carbons (Fsp3) is 0.478. The summed E-state index contributed by atoms with van der Waals surface area (Å²) in [6.45, 7) is 4.47. The number of likely N-dealkylation sites (tertiary alicyclic amines) is 1. The van der Waals surface area contributed by atoms with Crippen LogP contribution >= 0.6 is 0 Å². The molecule has 1 fully saturated rings. The first kappa shape index (κ1) is 22.2. The summed E-state index contributed by atoms with van der Waals surface area (Å²) in [6.07, 6.45) is 1.07. The van der Waals surface area contributed by atoms with Crippen LogP contribution < -0.4 is 0 Å². The number of alkyl halides is 3. The average Bonchev–Trinajstić information content (AvgIpc) is 3.21. The number of carbonyl (C=O) groups excluding carboxylic acids is 1. The molecule has 1 amide bonds. The summed E-state index contributed by atoms with van der Waals surface area (Å²) in [7, 11) is 0. The van der Waals surface area contributed by atoms with Crippen molar-refractivity contribution in [3.8, 4) is 0 Å². The number of piperidine rings is 1. The highest BCUT2D eigenvalue weighted by molar-refractivity contribution is 5.82. The van der Waals surface area contributed by atoms with Gasteiger partial charge in [-0.05, 0) is 48.9 Å². The molecule has 0 radical (unpaired) electrons. The molecule has 32 heavy (non-hydrogen) atoms. The molecule has 0 spiro atoms. The summed E-state index contributed by atoms with van der Waals surface area (Å²) in [5.74, 6) is -0.532. The summed E-state index contributed by atoms with van der Waals surface area (Å²) < 4.78 is 46.9. The largest absolute Gasteiger partial charge is 0.417 e. The van der Waals surface area contributed by atoms with Gasteiger partial charge in [-0.3, -0.25) is 9.78 Å². The van der Waals surface area contributed by atoms with Gasteiger partial charge in [0.05, 0.1) is 16.6 Å². The molecule has 3 aromatic heterocycles. The van der Waals surface area contributed by atoms with E-state index in [2.05, 4.69) is 15.1 Å². The topological polar surface area (TPSA) is 72.1 Å². The van der Waals surface area contributed by atoms with Crippen molar-refractivity contribution in [2.24, 2.45) is 0 Å². The fourth-order valence-electron chi connectivity index (χ4n) is 4.18. The molecule has 1 atom stereocenters. The van der Waals surface area contributed by atoms with Gasteiger partial charge in [0.25, 0.3) is 5.71 Å². The maximum Gasteiger partial charge on any atom is 0.417 e. The SMILES string of the molecule is CC(C)c1cc(C(F)(F)F)c2c([C@@H]3CCCN(C(=O)CCc4ccncc4)C3)noc2n1. The molecule has 4 rings (SSSR count). The first-order valence-electron chi connectivity index (χ1n) is 10.8. The number of hydrogen-bond acceptors (Lipinski definition) is 5. The monoisotopic (exact) mass is 446 g/mol. The second-order valence-electron chi connectivity index (χ2n) is 8.53. The highest BCUT2D eigenvalue weighted by Gasteiger charge is 2.38. The van der Waals surface area contributed by atoms with Gasteiger partial charge in [0.15, 0.2) is 0 Å². The van der Waals surface area contributed by atoms with Crippen LogP contribution in [-0.2, 0) is 17.4 Å². The van der Waals surface area contributed by atoms with Crippen LogP contribution in [0.2, 0.25) is 0 Å². The third-order valence-corrected chi connectivity index (χ3v) is 5.93. The van der Waals surface area contributed by atoms with E-state index in [0.29, 0.717) is 44.5 Å². The molecular formula is C23H25F3N4O2. The Morgan fingerprint density at radius 3 is 2.72 bits per heavy atom. The van der Waals surface area contributed by atoms with Crippen molar-refractivity contribution in [3.63, 3.8) is 0 Å². The maximum atomic E-state index is 13.9. The zero-order chi connectivity index (χ0) is 22.9. The van der Waals surface area contributed by atoms with Gasteiger partial charge in [0.2, 0.25) is 5.91 Å². The normalized spacial score (nSPS) is 17.3.